The number of benzene rings is 1. The number of tetrazole rings is 1. The molecule has 2 unspecified atom stereocenters. The highest BCUT2D eigenvalue weighted by Gasteiger charge is 2.17. The maximum Gasteiger partial charge on any atom is 0.204 e. The van der Waals surface area contributed by atoms with Gasteiger partial charge in [0.2, 0.25) is 5.82 Å². The molecule has 6 nitrogen and oxygen atoms in total. The molecule has 1 aromatic heterocycles. The minimum absolute atomic E-state index is 0.320. The van der Waals surface area contributed by atoms with Gasteiger partial charge in [0.25, 0.3) is 0 Å². The molecule has 2 atom stereocenters. The van der Waals surface area contributed by atoms with Crippen LogP contribution in [0.4, 0.5) is 0 Å². The molecule has 0 aliphatic heterocycles. The lowest BCUT2D eigenvalue weighted by Crippen LogP contribution is -2.19. The Morgan fingerprint density at radius 2 is 1.94 bits per heavy atom. The van der Waals surface area contributed by atoms with Crippen molar-refractivity contribution >= 4 is 15.9 Å². The molecule has 0 bridgehead atoms. The molecule has 0 amide bonds. The molecule has 0 saturated heterocycles. The van der Waals surface area contributed by atoms with Crippen molar-refractivity contribution in [3.63, 3.8) is 0 Å². The van der Waals surface area contributed by atoms with Crippen molar-refractivity contribution in [2.45, 2.75) is 12.2 Å². The summed E-state index contributed by atoms with van der Waals surface area (Å²) < 4.78 is 0. The summed E-state index contributed by atoms with van der Waals surface area (Å²) in [7, 11) is 0. The van der Waals surface area contributed by atoms with E-state index in [-0.39, 0.29) is 0 Å². The first-order valence-electron chi connectivity index (χ1n) is 4.98. The van der Waals surface area contributed by atoms with E-state index >= 15 is 0 Å². The SMILES string of the molecule is OC(CBr)C(O)c1ccc(-c2nn[nH]n2)cc1. The molecule has 0 aliphatic carbocycles. The van der Waals surface area contributed by atoms with Crippen LogP contribution >= 0.6 is 15.9 Å². The fraction of sp³-hybridized carbons (Fsp3) is 0.300. The van der Waals surface area contributed by atoms with E-state index in [2.05, 4.69) is 36.6 Å². The number of aromatic nitrogens is 4. The molecule has 2 rings (SSSR count). The molecule has 0 saturated carbocycles. The van der Waals surface area contributed by atoms with Crippen LogP contribution in [0.3, 0.4) is 0 Å². The Morgan fingerprint density at radius 1 is 1.24 bits per heavy atom. The van der Waals surface area contributed by atoms with E-state index in [4.69, 9.17) is 0 Å². The maximum absolute atomic E-state index is 9.78. The predicted molar refractivity (Wildman–Crippen MR) is 64.4 cm³/mol. The van der Waals surface area contributed by atoms with Crippen LogP contribution in [0.15, 0.2) is 24.3 Å². The number of nitrogens with zero attached hydrogens (tertiary/aromatic N) is 3. The summed E-state index contributed by atoms with van der Waals surface area (Å²) in [6.45, 7) is 0. The number of alkyl halides is 1. The highest BCUT2D eigenvalue weighted by atomic mass is 79.9. The minimum Gasteiger partial charge on any atom is -0.389 e. The van der Waals surface area contributed by atoms with Gasteiger partial charge >= 0.3 is 0 Å². The van der Waals surface area contributed by atoms with Crippen LogP contribution in [0, 0.1) is 0 Å². The van der Waals surface area contributed by atoms with E-state index in [9.17, 15) is 10.2 Å². The lowest BCUT2D eigenvalue weighted by atomic mass is 10.0. The molecule has 2 aromatic rings. The van der Waals surface area contributed by atoms with Crippen LogP contribution < -0.4 is 0 Å². The summed E-state index contributed by atoms with van der Waals surface area (Å²) in [6.07, 6.45) is -1.74. The van der Waals surface area contributed by atoms with Crippen LogP contribution in [-0.2, 0) is 0 Å². The summed E-state index contributed by atoms with van der Waals surface area (Å²) in [5, 5.41) is 33.1. The first-order valence-corrected chi connectivity index (χ1v) is 6.10. The fourth-order valence-corrected chi connectivity index (χ4v) is 1.77. The largest absolute Gasteiger partial charge is 0.389 e. The number of aromatic amines is 1. The van der Waals surface area contributed by atoms with Crippen molar-refractivity contribution in [1.29, 1.82) is 0 Å². The van der Waals surface area contributed by atoms with E-state index in [0.29, 0.717) is 16.7 Å². The lowest BCUT2D eigenvalue weighted by Gasteiger charge is -2.15. The molecule has 1 aromatic carbocycles. The lowest BCUT2D eigenvalue weighted by molar-refractivity contribution is 0.0343. The van der Waals surface area contributed by atoms with Gasteiger partial charge in [-0.25, -0.2) is 0 Å². The second kappa shape index (κ2) is 5.35. The summed E-state index contributed by atoms with van der Waals surface area (Å²) >= 11 is 3.12. The highest BCUT2D eigenvalue weighted by molar-refractivity contribution is 9.09. The van der Waals surface area contributed by atoms with Crippen LogP contribution in [0.5, 0.6) is 0 Å². The van der Waals surface area contributed by atoms with Crippen molar-refractivity contribution in [2.24, 2.45) is 0 Å². The average molecular weight is 299 g/mol. The zero-order valence-electron chi connectivity index (χ0n) is 8.79. The molecule has 1 heterocycles. The van der Waals surface area contributed by atoms with Crippen LogP contribution in [-0.4, -0.2) is 42.3 Å². The number of aliphatic hydroxyl groups is 2. The second-order valence-corrected chi connectivity index (χ2v) is 4.17. The number of halogens is 1. The zero-order chi connectivity index (χ0) is 12.3. The van der Waals surface area contributed by atoms with E-state index in [0.717, 1.165) is 5.56 Å². The number of hydrogen-bond donors (Lipinski definition) is 3. The van der Waals surface area contributed by atoms with Gasteiger partial charge < -0.3 is 10.2 Å². The number of hydrogen-bond acceptors (Lipinski definition) is 5. The van der Waals surface area contributed by atoms with E-state index in [1.807, 2.05) is 0 Å². The standard InChI is InChI=1S/C10H11BrN4O2/c11-5-8(16)9(17)6-1-3-7(4-2-6)10-12-14-15-13-10/h1-4,8-9,16-17H,5H2,(H,12,13,14,15). The van der Waals surface area contributed by atoms with E-state index < -0.39 is 12.2 Å². The molecule has 90 valence electrons. The minimum atomic E-state index is -0.909. The van der Waals surface area contributed by atoms with Crippen molar-refractivity contribution in [3.05, 3.63) is 29.8 Å². The van der Waals surface area contributed by atoms with Gasteiger partial charge in [-0.05, 0) is 10.8 Å². The van der Waals surface area contributed by atoms with Crippen molar-refractivity contribution < 1.29 is 10.2 Å². The average Bonchev–Trinajstić information content (AvgIpc) is 2.91. The van der Waals surface area contributed by atoms with Crippen molar-refractivity contribution in [3.8, 4) is 11.4 Å². The van der Waals surface area contributed by atoms with E-state index in [1.165, 1.54) is 0 Å². The van der Waals surface area contributed by atoms with Gasteiger partial charge in [-0.1, -0.05) is 40.2 Å². The first-order chi connectivity index (χ1) is 8.22. The summed E-state index contributed by atoms with van der Waals surface area (Å²) in [4.78, 5) is 0. The smallest absolute Gasteiger partial charge is 0.204 e. The van der Waals surface area contributed by atoms with Crippen molar-refractivity contribution in [1.82, 2.24) is 20.6 Å². The van der Waals surface area contributed by atoms with Crippen LogP contribution in [0.2, 0.25) is 0 Å². The number of rotatable bonds is 4. The Balaban J connectivity index is 2.18. The maximum atomic E-state index is 9.78. The summed E-state index contributed by atoms with van der Waals surface area (Å²) in [6, 6.07) is 6.99. The Kier molecular flexibility index (Phi) is 3.82. The van der Waals surface area contributed by atoms with Gasteiger partial charge in [-0.2, -0.15) is 5.21 Å². The van der Waals surface area contributed by atoms with Crippen molar-refractivity contribution in [2.75, 3.05) is 5.33 Å². The van der Waals surface area contributed by atoms with Gasteiger partial charge in [0, 0.05) is 10.9 Å². The topological polar surface area (TPSA) is 94.9 Å². The normalized spacial score (nSPS) is 14.5. The Labute approximate surface area is 106 Å². The monoisotopic (exact) mass is 298 g/mol. The Bertz CT molecular complexity index is 460. The molecule has 0 spiro atoms. The second-order valence-electron chi connectivity index (χ2n) is 3.52. The molecular formula is C10H11BrN4O2. The summed E-state index contributed by atoms with van der Waals surface area (Å²) in [5.41, 5.74) is 1.44. The van der Waals surface area contributed by atoms with Gasteiger partial charge in [0.05, 0.1) is 6.10 Å². The van der Waals surface area contributed by atoms with E-state index in [1.54, 1.807) is 24.3 Å². The summed E-state index contributed by atoms with van der Waals surface area (Å²) in [5.74, 6) is 0.493. The third kappa shape index (κ3) is 2.68. The molecule has 7 heteroatoms. The molecular weight excluding hydrogens is 288 g/mol. The highest BCUT2D eigenvalue weighted by Crippen LogP contribution is 2.21. The van der Waals surface area contributed by atoms with Gasteiger partial charge in [-0.3, -0.25) is 0 Å². The number of nitrogens with one attached hydrogen (secondary N) is 1. The Hall–Kier alpha value is -1.31. The number of H-pyrrole nitrogens is 1. The van der Waals surface area contributed by atoms with Gasteiger partial charge in [0.15, 0.2) is 0 Å². The fourth-order valence-electron chi connectivity index (χ4n) is 1.42. The van der Waals surface area contributed by atoms with Crippen LogP contribution in [0.1, 0.15) is 11.7 Å². The third-order valence-corrected chi connectivity index (χ3v) is 3.04. The molecule has 0 fully saturated rings. The molecule has 0 radical (unpaired) electrons. The van der Waals surface area contributed by atoms with Gasteiger partial charge in [-0.15, -0.1) is 10.2 Å². The quantitative estimate of drug-likeness (QED) is 0.721. The first kappa shape index (κ1) is 12.2. The molecule has 3 N–H and O–H groups in total. The third-order valence-electron chi connectivity index (χ3n) is 2.38. The zero-order valence-corrected chi connectivity index (χ0v) is 10.4. The molecule has 0 aliphatic rings. The number of aliphatic hydroxyl groups excluding tert-OH is 2. The predicted octanol–water partition coefficient (Wildman–Crippen LogP) is 0.656. The molecule has 17 heavy (non-hydrogen) atoms. The van der Waals surface area contributed by atoms with Gasteiger partial charge in [0.1, 0.15) is 6.10 Å². The Morgan fingerprint density at radius 3 is 2.47 bits per heavy atom. The van der Waals surface area contributed by atoms with Crippen LogP contribution in [0.25, 0.3) is 11.4 Å².